The Morgan fingerprint density at radius 2 is 0.548 bits per heavy atom. The molecule has 0 aliphatic rings. The van der Waals surface area contributed by atoms with Crippen LogP contribution in [-0.4, -0.2) is 37.2 Å². The number of carbonyl (C=O) groups excluding carboxylic acids is 3. The molecule has 366 valence electrons. The first-order chi connectivity index (χ1) is 30.5. The van der Waals surface area contributed by atoms with Crippen molar-refractivity contribution in [3.05, 3.63) is 12.2 Å². The van der Waals surface area contributed by atoms with Crippen molar-refractivity contribution in [1.29, 1.82) is 0 Å². The molecule has 0 N–H and O–H groups in total. The second kappa shape index (κ2) is 51.8. The average molecular weight is 875 g/mol. The molecule has 62 heavy (non-hydrogen) atoms. The summed E-state index contributed by atoms with van der Waals surface area (Å²) in [6, 6.07) is 0. The quantitative estimate of drug-likeness (QED) is 0.0262. The molecule has 0 rings (SSSR count). The number of allylic oxidation sites excluding steroid dienone is 2. The molecule has 6 heteroatoms. The second-order valence-electron chi connectivity index (χ2n) is 18.9. The van der Waals surface area contributed by atoms with Crippen molar-refractivity contribution < 1.29 is 28.6 Å². The summed E-state index contributed by atoms with van der Waals surface area (Å²) in [6.45, 7) is 6.59. The number of unbranched alkanes of at least 4 members (excludes halogenated alkanes) is 38. The highest BCUT2D eigenvalue weighted by Gasteiger charge is 2.19. The fourth-order valence-electron chi connectivity index (χ4n) is 8.31. The molecule has 0 heterocycles. The summed E-state index contributed by atoms with van der Waals surface area (Å²) in [5.74, 6) is -0.870. The zero-order valence-electron chi connectivity index (χ0n) is 41.9. The van der Waals surface area contributed by atoms with Gasteiger partial charge in [-0.2, -0.15) is 0 Å². The van der Waals surface area contributed by atoms with Crippen molar-refractivity contribution in [2.45, 2.75) is 316 Å². The number of carbonyl (C=O) groups is 3. The fourth-order valence-corrected chi connectivity index (χ4v) is 8.31. The molecule has 6 nitrogen and oxygen atoms in total. The van der Waals surface area contributed by atoms with Crippen molar-refractivity contribution >= 4 is 17.9 Å². The van der Waals surface area contributed by atoms with E-state index in [1.807, 2.05) is 0 Å². The van der Waals surface area contributed by atoms with Gasteiger partial charge in [0, 0.05) is 19.3 Å². The van der Waals surface area contributed by atoms with Crippen molar-refractivity contribution in [2.24, 2.45) is 0 Å². The van der Waals surface area contributed by atoms with E-state index in [1.54, 1.807) is 0 Å². The monoisotopic (exact) mass is 875 g/mol. The molecule has 1 unspecified atom stereocenters. The number of hydrogen-bond donors (Lipinski definition) is 0. The van der Waals surface area contributed by atoms with Gasteiger partial charge in [-0.25, -0.2) is 0 Å². The minimum absolute atomic E-state index is 0.0689. The molecular formula is C56H106O6. The smallest absolute Gasteiger partial charge is 0.306 e. The van der Waals surface area contributed by atoms with E-state index in [9.17, 15) is 14.4 Å². The predicted molar refractivity (Wildman–Crippen MR) is 266 cm³/mol. The lowest BCUT2D eigenvalue weighted by atomic mass is 10.0. The molecule has 0 fully saturated rings. The van der Waals surface area contributed by atoms with Crippen LogP contribution in [0.25, 0.3) is 0 Å². The van der Waals surface area contributed by atoms with Gasteiger partial charge >= 0.3 is 17.9 Å². The van der Waals surface area contributed by atoms with Crippen LogP contribution in [0.3, 0.4) is 0 Å². The molecule has 0 amide bonds. The van der Waals surface area contributed by atoms with Crippen LogP contribution in [0.2, 0.25) is 0 Å². The second-order valence-corrected chi connectivity index (χ2v) is 18.9. The van der Waals surface area contributed by atoms with E-state index < -0.39 is 6.10 Å². The maximum absolute atomic E-state index is 12.7. The van der Waals surface area contributed by atoms with Crippen molar-refractivity contribution in [3.8, 4) is 0 Å². The summed E-state index contributed by atoms with van der Waals surface area (Å²) in [5.41, 5.74) is 0. The SMILES string of the molecule is CCCC/C=C\CCCCCCCC(=O)OC(COC(=O)CCCCCCCCC)COC(=O)CCCCCCCCCCCCCCCCCCCCCCCCCCCC. The Bertz CT molecular complexity index is 962. The Labute approximate surface area is 386 Å². The summed E-state index contributed by atoms with van der Waals surface area (Å²) in [5, 5.41) is 0. The zero-order chi connectivity index (χ0) is 45.1. The van der Waals surface area contributed by atoms with Crippen LogP contribution >= 0.6 is 0 Å². The van der Waals surface area contributed by atoms with Crippen molar-refractivity contribution in [1.82, 2.24) is 0 Å². The van der Waals surface area contributed by atoms with Crippen molar-refractivity contribution in [2.75, 3.05) is 13.2 Å². The average Bonchev–Trinajstić information content (AvgIpc) is 3.27. The van der Waals surface area contributed by atoms with Crippen LogP contribution in [0.15, 0.2) is 12.2 Å². The number of hydrogen-bond acceptors (Lipinski definition) is 6. The number of esters is 3. The Hall–Kier alpha value is -1.85. The third-order valence-corrected chi connectivity index (χ3v) is 12.5. The van der Waals surface area contributed by atoms with Gasteiger partial charge in [-0.1, -0.05) is 264 Å². The minimum atomic E-state index is -0.766. The molecule has 0 saturated heterocycles. The molecule has 0 radical (unpaired) electrons. The first kappa shape index (κ1) is 60.2. The van der Waals surface area contributed by atoms with E-state index in [0.29, 0.717) is 19.3 Å². The third-order valence-electron chi connectivity index (χ3n) is 12.5. The van der Waals surface area contributed by atoms with E-state index in [-0.39, 0.29) is 31.1 Å². The van der Waals surface area contributed by atoms with Crippen molar-refractivity contribution in [3.63, 3.8) is 0 Å². The first-order valence-corrected chi connectivity index (χ1v) is 27.7. The highest BCUT2D eigenvalue weighted by Crippen LogP contribution is 2.17. The van der Waals surface area contributed by atoms with Crippen LogP contribution < -0.4 is 0 Å². The maximum Gasteiger partial charge on any atom is 0.306 e. The molecule has 0 spiro atoms. The van der Waals surface area contributed by atoms with Gasteiger partial charge in [0.25, 0.3) is 0 Å². The summed E-state index contributed by atoms with van der Waals surface area (Å²) in [7, 11) is 0. The topological polar surface area (TPSA) is 78.9 Å². The fraction of sp³-hybridized carbons (Fsp3) is 0.911. The largest absolute Gasteiger partial charge is 0.462 e. The lowest BCUT2D eigenvalue weighted by molar-refractivity contribution is -0.167. The minimum Gasteiger partial charge on any atom is -0.462 e. The van der Waals surface area contributed by atoms with E-state index in [4.69, 9.17) is 14.2 Å². The summed E-state index contributed by atoms with van der Waals surface area (Å²) >= 11 is 0. The molecule has 0 bridgehead atoms. The molecule has 0 aliphatic carbocycles. The molecular weight excluding hydrogens is 769 g/mol. The number of rotatable bonds is 51. The standard InChI is InChI=1S/C56H106O6/c1-4-7-10-13-16-18-20-21-22-23-24-25-26-27-28-29-30-31-32-33-34-36-37-40-43-46-49-55(58)61-52-53(51-60-54(57)48-45-42-39-15-12-9-6-3)62-56(59)50-47-44-41-38-35-19-17-14-11-8-5-2/h14,17,53H,4-13,15-16,18-52H2,1-3H3/b17-14-. The van der Waals surface area contributed by atoms with E-state index in [0.717, 1.165) is 64.2 Å². The Morgan fingerprint density at radius 3 is 0.855 bits per heavy atom. The molecule has 0 aromatic heterocycles. The molecule has 0 saturated carbocycles. The molecule has 0 aromatic rings. The maximum atomic E-state index is 12.7. The van der Waals surface area contributed by atoms with Crippen LogP contribution in [-0.2, 0) is 28.6 Å². The van der Waals surface area contributed by atoms with Gasteiger partial charge in [-0.15, -0.1) is 0 Å². The zero-order valence-corrected chi connectivity index (χ0v) is 41.9. The molecule has 1 atom stereocenters. The first-order valence-electron chi connectivity index (χ1n) is 27.7. The predicted octanol–water partition coefficient (Wildman–Crippen LogP) is 18.2. The van der Waals surface area contributed by atoms with Gasteiger partial charge in [0.05, 0.1) is 0 Å². The third kappa shape index (κ3) is 49.2. The highest BCUT2D eigenvalue weighted by atomic mass is 16.6. The lowest BCUT2D eigenvalue weighted by Gasteiger charge is -2.18. The van der Waals surface area contributed by atoms with E-state index in [2.05, 4.69) is 32.9 Å². The lowest BCUT2D eigenvalue weighted by Crippen LogP contribution is -2.30. The van der Waals surface area contributed by atoms with Crippen LogP contribution in [0.1, 0.15) is 310 Å². The Morgan fingerprint density at radius 1 is 0.306 bits per heavy atom. The van der Waals surface area contributed by atoms with E-state index in [1.165, 1.54) is 205 Å². The normalized spacial score (nSPS) is 12.0. The molecule has 0 aliphatic heterocycles. The number of ether oxygens (including phenoxy) is 3. The highest BCUT2D eigenvalue weighted by molar-refractivity contribution is 5.71. The Kier molecular flexibility index (Phi) is 50.2. The summed E-state index contributed by atoms with van der Waals surface area (Å²) in [6.07, 6.45) is 58.2. The molecule has 0 aromatic carbocycles. The Balaban J connectivity index is 4.00. The van der Waals surface area contributed by atoms with Gasteiger partial charge in [0.15, 0.2) is 6.10 Å². The van der Waals surface area contributed by atoms with Gasteiger partial charge in [-0.3, -0.25) is 14.4 Å². The van der Waals surface area contributed by atoms with Gasteiger partial charge in [0.2, 0.25) is 0 Å². The van der Waals surface area contributed by atoms with Crippen LogP contribution in [0.4, 0.5) is 0 Å². The van der Waals surface area contributed by atoms with Gasteiger partial charge in [-0.05, 0) is 38.5 Å². The van der Waals surface area contributed by atoms with Gasteiger partial charge < -0.3 is 14.2 Å². The van der Waals surface area contributed by atoms with E-state index >= 15 is 0 Å². The van der Waals surface area contributed by atoms with Gasteiger partial charge in [0.1, 0.15) is 13.2 Å². The summed E-state index contributed by atoms with van der Waals surface area (Å²) in [4.78, 5) is 37.7. The van der Waals surface area contributed by atoms with Crippen LogP contribution in [0.5, 0.6) is 0 Å². The van der Waals surface area contributed by atoms with Crippen LogP contribution in [0, 0.1) is 0 Å². The summed E-state index contributed by atoms with van der Waals surface area (Å²) < 4.78 is 16.7.